The van der Waals surface area contributed by atoms with Crippen LogP contribution in [0.4, 0.5) is 0 Å². The molecule has 0 rings (SSSR count). The smallest absolute Gasteiger partial charge is 0.0351 e. The molecule has 0 aromatic rings. The highest BCUT2D eigenvalue weighted by Crippen LogP contribution is 2.24. The van der Waals surface area contributed by atoms with Crippen LogP contribution in [0.3, 0.4) is 0 Å². The van der Waals surface area contributed by atoms with Crippen LogP contribution in [0.1, 0.15) is 90.9 Å². The van der Waals surface area contributed by atoms with E-state index in [2.05, 4.69) is 39.8 Å². The van der Waals surface area contributed by atoms with Crippen LogP contribution in [0.2, 0.25) is 0 Å². The molecule has 0 aliphatic rings. The van der Waals surface area contributed by atoms with E-state index in [1.807, 2.05) is 0 Å². The van der Waals surface area contributed by atoms with Crippen molar-refractivity contribution >= 4 is 0 Å². The molecule has 0 aromatic carbocycles. The van der Waals surface area contributed by atoms with Gasteiger partial charge in [0.25, 0.3) is 0 Å². The number of unbranched alkanes of at least 4 members (excludes halogenated alkanes) is 7. The fraction of sp³-hybridized carbons (Fsp3) is 0.800. The second-order valence-electron chi connectivity index (χ2n) is 6.46. The SMILES string of the molecule is [CH2]CCCC=CCCCCCCC(CCC[CH2])C(C)C. The Hall–Kier alpha value is -0.260. The zero-order valence-corrected chi connectivity index (χ0v) is 14.2. The molecule has 0 heterocycles. The molecule has 0 bridgehead atoms. The third-order valence-corrected chi connectivity index (χ3v) is 4.25. The van der Waals surface area contributed by atoms with Crippen molar-refractivity contribution in [2.75, 3.05) is 0 Å². The minimum Gasteiger partial charge on any atom is -0.0885 e. The first-order chi connectivity index (χ1) is 9.72. The summed E-state index contributed by atoms with van der Waals surface area (Å²) in [6.45, 7) is 12.6. The van der Waals surface area contributed by atoms with Crippen LogP contribution < -0.4 is 0 Å². The quantitative estimate of drug-likeness (QED) is 0.233. The molecule has 0 nitrogen and oxygen atoms in total. The molecular weight excluding hydrogens is 240 g/mol. The zero-order chi connectivity index (χ0) is 15.1. The lowest BCUT2D eigenvalue weighted by Crippen LogP contribution is -2.08. The van der Waals surface area contributed by atoms with Gasteiger partial charge in [0.1, 0.15) is 0 Å². The summed E-state index contributed by atoms with van der Waals surface area (Å²) in [6.07, 6.45) is 20.3. The minimum atomic E-state index is 0.845. The van der Waals surface area contributed by atoms with Gasteiger partial charge in [-0.3, -0.25) is 0 Å². The third-order valence-electron chi connectivity index (χ3n) is 4.25. The Labute approximate surface area is 129 Å². The Bertz CT molecular complexity index is 202. The molecule has 0 fully saturated rings. The highest BCUT2D eigenvalue weighted by atomic mass is 14.2. The second-order valence-corrected chi connectivity index (χ2v) is 6.46. The summed E-state index contributed by atoms with van der Waals surface area (Å²) in [5.74, 6) is 1.77. The van der Waals surface area contributed by atoms with Gasteiger partial charge in [0.2, 0.25) is 0 Å². The van der Waals surface area contributed by atoms with Crippen LogP contribution in [0.5, 0.6) is 0 Å². The number of rotatable bonds is 14. The molecule has 0 aliphatic carbocycles. The fourth-order valence-corrected chi connectivity index (χ4v) is 2.74. The van der Waals surface area contributed by atoms with Crippen LogP contribution in [-0.4, -0.2) is 0 Å². The molecule has 0 heteroatoms. The van der Waals surface area contributed by atoms with Crippen molar-refractivity contribution in [3.63, 3.8) is 0 Å². The summed E-state index contributed by atoms with van der Waals surface area (Å²) in [7, 11) is 0. The molecule has 0 spiro atoms. The van der Waals surface area contributed by atoms with Gasteiger partial charge in [-0.25, -0.2) is 0 Å². The third kappa shape index (κ3) is 12.8. The van der Waals surface area contributed by atoms with Gasteiger partial charge in [-0.2, -0.15) is 0 Å². The molecule has 0 aromatic heterocycles. The normalized spacial score (nSPS) is 13.4. The topological polar surface area (TPSA) is 0 Å². The largest absolute Gasteiger partial charge is 0.0885 e. The van der Waals surface area contributed by atoms with Crippen LogP contribution in [0.25, 0.3) is 0 Å². The van der Waals surface area contributed by atoms with Gasteiger partial charge in [-0.05, 0) is 37.5 Å². The van der Waals surface area contributed by atoms with Crippen molar-refractivity contribution in [2.45, 2.75) is 90.9 Å². The standard InChI is InChI=1S/C20H38/c1-5-7-9-10-11-12-13-14-15-16-18-20(19(3)4)17-8-6-2/h10-11,19-20H,1-2,5-9,12-18H2,3-4H3. The van der Waals surface area contributed by atoms with Gasteiger partial charge in [0.05, 0.1) is 0 Å². The average Bonchev–Trinajstić information content (AvgIpc) is 2.43. The minimum absolute atomic E-state index is 0.845. The van der Waals surface area contributed by atoms with E-state index >= 15 is 0 Å². The van der Waals surface area contributed by atoms with E-state index in [0.717, 1.165) is 24.7 Å². The van der Waals surface area contributed by atoms with E-state index in [1.54, 1.807) is 0 Å². The van der Waals surface area contributed by atoms with E-state index in [0.29, 0.717) is 0 Å². The summed E-state index contributed by atoms with van der Waals surface area (Å²) in [6, 6.07) is 0. The Morgan fingerprint density at radius 1 is 0.700 bits per heavy atom. The maximum absolute atomic E-state index is 3.96. The van der Waals surface area contributed by atoms with Crippen molar-refractivity contribution in [3.05, 3.63) is 26.0 Å². The molecule has 0 saturated heterocycles. The maximum atomic E-state index is 3.96. The molecule has 1 unspecified atom stereocenters. The predicted molar refractivity (Wildman–Crippen MR) is 93.6 cm³/mol. The summed E-state index contributed by atoms with van der Waals surface area (Å²) in [5.41, 5.74) is 0. The highest BCUT2D eigenvalue weighted by molar-refractivity contribution is 4.81. The van der Waals surface area contributed by atoms with E-state index in [-0.39, 0.29) is 0 Å². The van der Waals surface area contributed by atoms with Crippen molar-refractivity contribution in [2.24, 2.45) is 11.8 Å². The van der Waals surface area contributed by atoms with Crippen LogP contribution in [0, 0.1) is 25.7 Å². The molecule has 1 atom stereocenters. The van der Waals surface area contributed by atoms with Gasteiger partial charge in [-0.15, -0.1) is 0 Å². The number of hydrogen-bond acceptors (Lipinski definition) is 0. The first kappa shape index (κ1) is 19.7. The monoisotopic (exact) mass is 278 g/mol. The summed E-state index contributed by atoms with van der Waals surface area (Å²) >= 11 is 0. The fourth-order valence-electron chi connectivity index (χ4n) is 2.74. The lowest BCUT2D eigenvalue weighted by Gasteiger charge is -2.20. The van der Waals surface area contributed by atoms with Crippen molar-refractivity contribution in [3.8, 4) is 0 Å². The van der Waals surface area contributed by atoms with Gasteiger partial charge in [0, 0.05) is 0 Å². The van der Waals surface area contributed by atoms with Gasteiger partial charge in [0.15, 0.2) is 0 Å². The van der Waals surface area contributed by atoms with E-state index in [9.17, 15) is 0 Å². The van der Waals surface area contributed by atoms with Gasteiger partial charge >= 0.3 is 0 Å². The Kier molecular flexibility index (Phi) is 14.9. The first-order valence-electron chi connectivity index (χ1n) is 8.95. The Morgan fingerprint density at radius 3 is 1.85 bits per heavy atom. The lowest BCUT2D eigenvalue weighted by molar-refractivity contribution is 0.318. The van der Waals surface area contributed by atoms with Crippen molar-refractivity contribution in [1.29, 1.82) is 0 Å². The van der Waals surface area contributed by atoms with Crippen LogP contribution in [0.15, 0.2) is 12.2 Å². The first-order valence-corrected chi connectivity index (χ1v) is 8.95. The number of hydrogen-bond donors (Lipinski definition) is 0. The molecule has 0 saturated carbocycles. The maximum Gasteiger partial charge on any atom is -0.0351 e. The Balaban J connectivity index is 3.42. The zero-order valence-electron chi connectivity index (χ0n) is 14.2. The second kappa shape index (κ2) is 15.1. The van der Waals surface area contributed by atoms with Gasteiger partial charge in [-0.1, -0.05) is 91.2 Å². The summed E-state index contributed by atoms with van der Waals surface area (Å²) in [5, 5.41) is 0. The summed E-state index contributed by atoms with van der Waals surface area (Å²) < 4.78 is 0. The molecule has 0 amide bonds. The van der Waals surface area contributed by atoms with Crippen LogP contribution in [-0.2, 0) is 0 Å². The average molecular weight is 279 g/mol. The van der Waals surface area contributed by atoms with E-state index in [4.69, 9.17) is 0 Å². The summed E-state index contributed by atoms with van der Waals surface area (Å²) in [4.78, 5) is 0. The van der Waals surface area contributed by atoms with E-state index < -0.39 is 0 Å². The molecule has 0 N–H and O–H groups in total. The molecular formula is C20H38. The molecule has 0 aliphatic heterocycles. The molecule has 20 heavy (non-hydrogen) atoms. The van der Waals surface area contributed by atoms with Crippen molar-refractivity contribution in [1.82, 2.24) is 0 Å². The van der Waals surface area contributed by atoms with Crippen LogP contribution >= 0.6 is 0 Å². The molecule has 2 radical (unpaired) electrons. The van der Waals surface area contributed by atoms with Gasteiger partial charge < -0.3 is 0 Å². The molecule has 118 valence electrons. The van der Waals surface area contributed by atoms with Crippen molar-refractivity contribution < 1.29 is 0 Å². The predicted octanol–water partition coefficient (Wildman–Crippen LogP) is 7.16. The van der Waals surface area contributed by atoms with E-state index in [1.165, 1.54) is 64.2 Å². The highest BCUT2D eigenvalue weighted by Gasteiger charge is 2.11. The Morgan fingerprint density at radius 2 is 1.25 bits per heavy atom. The number of allylic oxidation sites excluding steroid dienone is 2. The lowest BCUT2D eigenvalue weighted by atomic mass is 9.86.